The topological polar surface area (TPSA) is 86.3 Å². The molecule has 0 radical (unpaired) electrons. The summed E-state index contributed by atoms with van der Waals surface area (Å²) in [5.74, 6) is 1.58. The largest absolute Gasteiger partial charge is 0.493 e. The Morgan fingerprint density at radius 1 is 0.875 bits per heavy atom. The lowest BCUT2D eigenvalue weighted by atomic mass is 9.88. The van der Waals surface area contributed by atoms with E-state index in [9.17, 15) is 9.59 Å². The van der Waals surface area contributed by atoms with Gasteiger partial charge in [0.15, 0.2) is 11.5 Å². The Kier molecular flexibility index (Phi) is 8.24. The van der Waals surface area contributed by atoms with Crippen LogP contribution in [-0.4, -0.2) is 50.3 Å². The summed E-state index contributed by atoms with van der Waals surface area (Å²) >= 11 is 0. The van der Waals surface area contributed by atoms with Crippen LogP contribution in [0.25, 0.3) is 5.57 Å². The van der Waals surface area contributed by atoms with Crippen LogP contribution in [0, 0.1) is 0 Å². The number of esters is 1. The molecule has 0 aromatic heterocycles. The first-order valence-electron chi connectivity index (χ1n) is 13.4. The van der Waals surface area contributed by atoms with Gasteiger partial charge in [-0.05, 0) is 65.8 Å². The van der Waals surface area contributed by atoms with Crippen molar-refractivity contribution in [3.63, 3.8) is 0 Å². The molecule has 8 nitrogen and oxygen atoms in total. The summed E-state index contributed by atoms with van der Waals surface area (Å²) in [4.78, 5) is 28.3. The van der Waals surface area contributed by atoms with Gasteiger partial charge in [-0.25, -0.2) is 9.59 Å². The Morgan fingerprint density at radius 2 is 1.62 bits per heavy atom. The van der Waals surface area contributed by atoms with Gasteiger partial charge in [0.1, 0.15) is 12.4 Å². The zero-order chi connectivity index (χ0) is 28.1. The Morgan fingerprint density at radius 3 is 2.33 bits per heavy atom. The summed E-state index contributed by atoms with van der Waals surface area (Å²) in [6.07, 6.45) is 2.10. The molecule has 0 spiro atoms. The number of urea groups is 1. The van der Waals surface area contributed by atoms with Crippen molar-refractivity contribution < 1.29 is 28.5 Å². The average molecular weight is 543 g/mol. The Labute approximate surface area is 234 Å². The third kappa shape index (κ3) is 5.61. The number of ether oxygens (including phenoxy) is 4. The molecule has 0 saturated carbocycles. The summed E-state index contributed by atoms with van der Waals surface area (Å²) in [5.41, 5.74) is 4.40. The van der Waals surface area contributed by atoms with Gasteiger partial charge in [0.25, 0.3) is 0 Å². The second-order valence-electron chi connectivity index (χ2n) is 9.89. The maximum Gasteiger partial charge on any atom is 0.336 e. The van der Waals surface area contributed by atoms with E-state index in [-0.39, 0.29) is 18.1 Å². The highest BCUT2D eigenvalue weighted by molar-refractivity contribution is 6.01. The van der Waals surface area contributed by atoms with Crippen LogP contribution >= 0.6 is 0 Å². The van der Waals surface area contributed by atoms with Crippen molar-refractivity contribution in [3.8, 4) is 17.2 Å². The van der Waals surface area contributed by atoms with Crippen LogP contribution in [0.4, 0.5) is 4.79 Å². The van der Waals surface area contributed by atoms with Crippen molar-refractivity contribution in [1.29, 1.82) is 0 Å². The van der Waals surface area contributed by atoms with Crippen LogP contribution < -0.4 is 19.5 Å². The molecule has 1 N–H and O–H groups in total. The Bertz CT molecular complexity index is 1390. The third-order valence-electron chi connectivity index (χ3n) is 7.58. The standard InChI is InChI=1S/C32H34N2O6/c1-37-28-16-9-22(17-29(28)38-2)19-33-32(36)34-24-12-15-27(34)30(31(35)39-3)26(18-24)23-10-13-25(14-11-23)40-20-21-7-5-4-6-8-21/h4-11,13-14,16-17,24,27H,12,15,18-20H2,1-3H3,(H,33,36)/t24-,27+/m0/s1. The van der Waals surface area contributed by atoms with Gasteiger partial charge in [-0.3, -0.25) is 0 Å². The van der Waals surface area contributed by atoms with Crippen molar-refractivity contribution in [2.45, 2.75) is 44.5 Å². The summed E-state index contributed by atoms with van der Waals surface area (Å²) in [7, 11) is 4.55. The fraction of sp³-hybridized carbons (Fsp3) is 0.312. The smallest absolute Gasteiger partial charge is 0.336 e. The molecule has 2 aliphatic rings. The normalized spacial score (nSPS) is 17.8. The fourth-order valence-corrected chi connectivity index (χ4v) is 5.62. The van der Waals surface area contributed by atoms with Crippen molar-refractivity contribution in [3.05, 3.63) is 95.1 Å². The molecule has 1 saturated heterocycles. The van der Waals surface area contributed by atoms with Gasteiger partial charge in [-0.1, -0.05) is 48.5 Å². The molecule has 1 fully saturated rings. The maximum atomic E-state index is 13.4. The van der Waals surface area contributed by atoms with Crippen LogP contribution in [0.2, 0.25) is 0 Å². The van der Waals surface area contributed by atoms with Gasteiger partial charge in [0.2, 0.25) is 0 Å². The Hall–Kier alpha value is -4.46. The van der Waals surface area contributed by atoms with Gasteiger partial charge in [0.05, 0.1) is 32.9 Å². The minimum atomic E-state index is -0.401. The van der Waals surface area contributed by atoms with E-state index < -0.39 is 5.97 Å². The molecule has 208 valence electrons. The number of methoxy groups -OCH3 is 3. The molecule has 2 aliphatic heterocycles. The van der Waals surface area contributed by atoms with E-state index in [1.165, 1.54) is 7.11 Å². The number of fused-ring (bicyclic) bond motifs is 2. The summed E-state index contributed by atoms with van der Waals surface area (Å²) < 4.78 is 21.8. The predicted octanol–water partition coefficient (Wildman–Crippen LogP) is 5.36. The number of nitrogens with one attached hydrogen (secondary N) is 1. The number of amides is 2. The third-order valence-corrected chi connectivity index (χ3v) is 7.58. The zero-order valence-electron chi connectivity index (χ0n) is 23.0. The van der Waals surface area contributed by atoms with Crippen molar-refractivity contribution in [2.75, 3.05) is 21.3 Å². The summed E-state index contributed by atoms with van der Waals surface area (Å²) in [6.45, 7) is 0.803. The van der Waals surface area contributed by atoms with Gasteiger partial charge < -0.3 is 29.2 Å². The lowest BCUT2D eigenvalue weighted by Crippen LogP contribution is -2.50. The molecule has 3 aromatic rings. The number of nitrogens with zero attached hydrogens (tertiary/aromatic N) is 1. The molecule has 2 amide bonds. The number of hydrogen-bond acceptors (Lipinski definition) is 6. The molecule has 0 aliphatic carbocycles. The molecule has 5 rings (SSSR count). The van der Waals surface area contributed by atoms with Crippen molar-refractivity contribution in [2.24, 2.45) is 0 Å². The molecular weight excluding hydrogens is 508 g/mol. The van der Waals surface area contributed by atoms with E-state index in [2.05, 4.69) is 5.32 Å². The monoisotopic (exact) mass is 542 g/mol. The average Bonchev–Trinajstić information content (AvgIpc) is 3.32. The van der Waals surface area contributed by atoms with Gasteiger partial charge >= 0.3 is 12.0 Å². The second kappa shape index (κ2) is 12.2. The maximum absolute atomic E-state index is 13.4. The lowest BCUT2D eigenvalue weighted by molar-refractivity contribution is -0.136. The van der Waals surface area contributed by atoms with Crippen LogP contribution in [0.3, 0.4) is 0 Å². The Balaban J connectivity index is 1.32. The number of carbonyl (C=O) groups excluding carboxylic acids is 2. The minimum absolute atomic E-state index is 0.00665. The highest BCUT2D eigenvalue weighted by Gasteiger charge is 2.46. The molecule has 2 heterocycles. The first kappa shape index (κ1) is 27.1. The number of rotatable bonds is 9. The molecule has 0 unspecified atom stereocenters. The van der Waals surface area contributed by atoms with Crippen molar-refractivity contribution in [1.82, 2.24) is 10.2 Å². The molecule has 2 bridgehead atoms. The first-order valence-corrected chi connectivity index (χ1v) is 13.4. The second-order valence-corrected chi connectivity index (χ2v) is 9.89. The number of carbonyl (C=O) groups is 2. The van der Waals surface area contributed by atoms with Crippen LogP contribution in [-0.2, 0) is 22.7 Å². The minimum Gasteiger partial charge on any atom is -0.493 e. The zero-order valence-corrected chi connectivity index (χ0v) is 23.0. The highest BCUT2D eigenvalue weighted by atomic mass is 16.5. The first-order chi connectivity index (χ1) is 19.5. The molecule has 40 heavy (non-hydrogen) atoms. The van der Waals surface area contributed by atoms with Crippen LogP contribution in [0.5, 0.6) is 17.2 Å². The highest BCUT2D eigenvalue weighted by Crippen LogP contribution is 2.43. The molecule has 8 heteroatoms. The van der Waals surface area contributed by atoms with E-state index in [0.29, 0.717) is 43.1 Å². The van der Waals surface area contributed by atoms with E-state index in [0.717, 1.165) is 34.4 Å². The van der Waals surface area contributed by atoms with E-state index in [1.54, 1.807) is 14.2 Å². The predicted molar refractivity (Wildman–Crippen MR) is 151 cm³/mol. The molecular formula is C32H34N2O6. The van der Waals surface area contributed by atoms with Gasteiger partial charge in [-0.2, -0.15) is 0 Å². The molecule has 2 atom stereocenters. The lowest BCUT2D eigenvalue weighted by Gasteiger charge is -2.37. The van der Waals surface area contributed by atoms with Crippen molar-refractivity contribution >= 4 is 17.6 Å². The van der Waals surface area contributed by atoms with E-state index in [1.807, 2.05) is 77.7 Å². The quantitative estimate of drug-likeness (QED) is 0.367. The molecule has 3 aromatic carbocycles. The van der Waals surface area contributed by atoms with Crippen LogP contribution in [0.1, 0.15) is 36.0 Å². The fourth-order valence-electron chi connectivity index (χ4n) is 5.62. The van der Waals surface area contributed by atoms with E-state index in [4.69, 9.17) is 18.9 Å². The van der Waals surface area contributed by atoms with Gasteiger partial charge in [-0.15, -0.1) is 0 Å². The van der Waals surface area contributed by atoms with Crippen LogP contribution in [0.15, 0.2) is 78.4 Å². The van der Waals surface area contributed by atoms with E-state index >= 15 is 0 Å². The summed E-state index contributed by atoms with van der Waals surface area (Å²) in [5, 5.41) is 3.02. The summed E-state index contributed by atoms with van der Waals surface area (Å²) in [6, 6.07) is 22.8. The number of benzene rings is 3. The number of hydrogen-bond donors (Lipinski definition) is 1. The SMILES string of the molecule is COC(=O)C1=C(c2ccc(OCc3ccccc3)cc2)C[C@@H]2CC[C@H]1N2C(=O)NCc1ccc(OC)c(OC)c1. The van der Waals surface area contributed by atoms with Gasteiger partial charge in [0, 0.05) is 12.6 Å².